The van der Waals surface area contributed by atoms with Crippen molar-refractivity contribution in [3.05, 3.63) is 42.5 Å². The van der Waals surface area contributed by atoms with Gasteiger partial charge in [0.25, 0.3) is 0 Å². The third kappa shape index (κ3) is 3.33. The van der Waals surface area contributed by atoms with E-state index in [0.717, 1.165) is 11.4 Å². The number of nitrogens with two attached hydrogens (primary N) is 1. The quantitative estimate of drug-likeness (QED) is 0.916. The van der Waals surface area contributed by atoms with Gasteiger partial charge in [0.15, 0.2) is 9.84 Å². The molecule has 1 heterocycles. The molecule has 5 nitrogen and oxygen atoms in total. The fourth-order valence-electron chi connectivity index (χ4n) is 2.38. The van der Waals surface area contributed by atoms with Crippen molar-refractivity contribution in [3.8, 4) is 5.69 Å². The van der Waals surface area contributed by atoms with Gasteiger partial charge in [0.1, 0.15) is 0 Å². The third-order valence-corrected chi connectivity index (χ3v) is 4.78. The van der Waals surface area contributed by atoms with Crippen LogP contribution in [0.1, 0.15) is 25.5 Å². The van der Waals surface area contributed by atoms with Crippen LogP contribution in [0.25, 0.3) is 5.69 Å². The number of nitrogens with zero attached hydrogens (tertiary/aromatic N) is 2. The van der Waals surface area contributed by atoms with Gasteiger partial charge in [-0.15, -0.1) is 0 Å². The normalized spacial score (nSPS) is 13.6. The summed E-state index contributed by atoms with van der Waals surface area (Å²) >= 11 is 0. The Kier molecular flexibility index (Phi) is 4.49. The largest absolute Gasteiger partial charge is 0.330 e. The van der Waals surface area contributed by atoms with E-state index in [-0.39, 0.29) is 5.92 Å². The van der Waals surface area contributed by atoms with E-state index >= 15 is 0 Å². The van der Waals surface area contributed by atoms with Gasteiger partial charge in [-0.3, -0.25) is 0 Å². The molecule has 2 rings (SSSR count). The van der Waals surface area contributed by atoms with E-state index in [0.29, 0.717) is 17.4 Å². The molecular weight excluding hydrogens is 286 g/mol. The lowest BCUT2D eigenvalue weighted by atomic mass is 9.93. The number of aromatic nitrogens is 2. The molecule has 1 aromatic carbocycles. The molecule has 0 aliphatic carbocycles. The fourth-order valence-corrected chi connectivity index (χ4v) is 3.01. The Bertz CT molecular complexity index is 703. The zero-order valence-corrected chi connectivity index (χ0v) is 13.3. The molecule has 0 bridgehead atoms. The summed E-state index contributed by atoms with van der Waals surface area (Å²) in [6.45, 7) is 4.80. The molecule has 6 heteroatoms. The topological polar surface area (TPSA) is 78.0 Å². The van der Waals surface area contributed by atoms with Crippen molar-refractivity contribution in [2.45, 2.75) is 24.7 Å². The molecule has 21 heavy (non-hydrogen) atoms. The van der Waals surface area contributed by atoms with Crippen molar-refractivity contribution in [2.75, 3.05) is 12.8 Å². The Labute approximate surface area is 125 Å². The molecule has 1 aromatic heterocycles. The van der Waals surface area contributed by atoms with Crippen LogP contribution in [0.4, 0.5) is 0 Å². The molecule has 0 saturated carbocycles. The minimum atomic E-state index is -3.18. The number of benzene rings is 1. The second kappa shape index (κ2) is 5.99. The lowest BCUT2D eigenvalue weighted by molar-refractivity contribution is 0.490. The van der Waals surface area contributed by atoms with Crippen LogP contribution in [0.3, 0.4) is 0 Å². The van der Waals surface area contributed by atoms with Crippen LogP contribution in [0, 0.1) is 5.92 Å². The van der Waals surface area contributed by atoms with Gasteiger partial charge in [0, 0.05) is 36.3 Å². The standard InChI is InChI=1S/C15H21N3O2S/c1-11(2)14(8-16)15-9-17-10-18(15)12-4-6-13(7-5-12)21(3,19)20/h4-7,9-11,14H,8,16H2,1-3H3. The summed E-state index contributed by atoms with van der Waals surface area (Å²) in [4.78, 5) is 4.52. The van der Waals surface area contributed by atoms with Crippen molar-refractivity contribution < 1.29 is 8.42 Å². The molecule has 0 saturated heterocycles. The molecule has 114 valence electrons. The van der Waals surface area contributed by atoms with Crippen LogP contribution in [-0.2, 0) is 9.84 Å². The molecule has 0 aliphatic heterocycles. The predicted octanol–water partition coefficient (Wildman–Crippen LogP) is 1.97. The van der Waals surface area contributed by atoms with Gasteiger partial charge in [0.05, 0.1) is 11.2 Å². The first-order valence-corrected chi connectivity index (χ1v) is 8.76. The van der Waals surface area contributed by atoms with Crippen LogP contribution in [0.2, 0.25) is 0 Å². The number of rotatable bonds is 5. The summed E-state index contributed by atoms with van der Waals surface area (Å²) in [6, 6.07) is 6.80. The van der Waals surface area contributed by atoms with E-state index in [9.17, 15) is 8.42 Å². The second-order valence-corrected chi connectivity index (χ2v) is 7.56. The minimum absolute atomic E-state index is 0.210. The molecular formula is C15H21N3O2S. The zero-order chi connectivity index (χ0) is 15.6. The van der Waals surface area contributed by atoms with Crippen LogP contribution in [0.15, 0.2) is 41.7 Å². The van der Waals surface area contributed by atoms with Crippen molar-refractivity contribution in [1.29, 1.82) is 0 Å². The van der Waals surface area contributed by atoms with E-state index in [1.54, 1.807) is 30.6 Å². The Hall–Kier alpha value is -1.66. The van der Waals surface area contributed by atoms with Crippen molar-refractivity contribution in [2.24, 2.45) is 11.7 Å². The smallest absolute Gasteiger partial charge is 0.175 e. The maximum Gasteiger partial charge on any atom is 0.175 e. The molecule has 2 N–H and O–H groups in total. The molecule has 2 aromatic rings. The number of hydrogen-bond acceptors (Lipinski definition) is 4. The summed E-state index contributed by atoms with van der Waals surface area (Å²) in [6.07, 6.45) is 4.76. The first-order chi connectivity index (χ1) is 9.84. The van der Waals surface area contributed by atoms with Crippen LogP contribution in [0.5, 0.6) is 0 Å². The average molecular weight is 307 g/mol. The van der Waals surface area contributed by atoms with Crippen molar-refractivity contribution in [1.82, 2.24) is 9.55 Å². The maximum absolute atomic E-state index is 11.5. The van der Waals surface area contributed by atoms with Gasteiger partial charge in [-0.05, 0) is 30.2 Å². The van der Waals surface area contributed by atoms with Crippen molar-refractivity contribution in [3.63, 3.8) is 0 Å². The Morgan fingerprint density at radius 3 is 2.33 bits per heavy atom. The molecule has 0 fully saturated rings. The Morgan fingerprint density at radius 2 is 1.86 bits per heavy atom. The fraction of sp³-hybridized carbons (Fsp3) is 0.400. The maximum atomic E-state index is 11.5. The Morgan fingerprint density at radius 1 is 1.24 bits per heavy atom. The van der Waals surface area contributed by atoms with Gasteiger partial charge < -0.3 is 10.3 Å². The highest BCUT2D eigenvalue weighted by molar-refractivity contribution is 7.90. The van der Waals surface area contributed by atoms with Crippen molar-refractivity contribution >= 4 is 9.84 Å². The molecule has 1 unspecified atom stereocenters. The van der Waals surface area contributed by atoms with Gasteiger partial charge in [-0.2, -0.15) is 0 Å². The number of imidazole rings is 1. The zero-order valence-electron chi connectivity index (χ0n) is 12.5. The van der Waals surface area contributed by atoms with Gasteiger partial charge in [-0.1, -0.05) is 13.8 Å². The van der Waals surface area contributed by atoms with E-state index in [4.69, 9.17) is 5.73 Å². The highest BCUT2D eigenvalue weighted by Crippen LogP contribution is 2.25. The average Bonchev–Trinajstić information content (AvgIpc) is 2.87. The molecule has 0 spiro atoms. The van der Waals surface area contributed by atoms with Crippen LogP contribution in [-0.4, -0.2) is 30.8 Å². The van der Waals surface area contributed by atoms with E-state index in [1.165, 1.54) is 6.26 Å². The molecule has 1 atom stereocenters. The Balaban J connectivity index is 2.42. The van der Waals surface area contributed by atoms with Crippen LogP contribution < -0.4 is 5.73 Å². The monoisotopic (exact) mass is 307 g/mol. The first-order valence-electron chi connectivity index (χ1n) is 6.87. The lowest BCUT2D eigenvalue weighted by Gasteiger charge is -2.20. The van der Waals surface area contributed by atoms with E-state index < -0.39 is 9.84 Å². The molecule has 0 radical (unpaired) electrons. The van der Waals surface area contributed by atoms with Gasteiger partial charge >= 0.3 is 0 Å². The van der Waals surface area contributed by atoms with E-state index in [2.05, 4.69) is 18.8 Å². The minimum Gasteiger partial charge on any atom is -0.330 e. The highest BCUT2D eigenvalue weighted by Gasteiger charge is 2.19. The highest BCUT2D eigenvalue weighted by atomic mass is 32.2. The summed E-state index contributed by atoms with van der Waals surface area (Å²) in [5.74, 6) is 0.614. The lowest BCUT2D eigenvalue weighted by Crippen LogP contribution is -2.20. The third-order valence-electron chi connectivity index (χ3n) is 3.65. The molecule has 0 amide bonds. The van der Waals surface area contributed by atoms with Gasteiger partial charge in [-0.25, -0.2) is 13.4 Å². The predicted molar refractivity (Wildman–Crippen MR) is 83.3 cm³/mol. The summed E-state index contributed by atoms with van der Waals surface area (Å²) in [7, 11) is -3.18. The second-order valence-electron chi connectivity index (χ2n) is 5.54. The summed E-state index contributed by atoms with van der Waals surface area (Å²) in [5, 5.41) is 0. The summed E-state index contributed by atoms with van der Waals surface area (Å²) in [5.41, 5.74) is 7.80. The SMILES string of the molecule is CC(C)C(CN)c1cncn1-c1ccc(S(C)(=O)=O)cc1. The number of hydrogen-bond donors (Lipinski definition) is 1. The molecule has 0 aliphatic rings. The first kappa shape index (κ1) is 15.7. The van der Waals surface area contributed by atoms with E-state index in [1.807, 2.05) is 10.8 Å². The number of sulfone groups is 1. The van der Waals surface area contributed by atoms with Gasteiger partial charge in [0.2, 0.25) is 0 Å². The van der Waals surface area contributed by atoms with Crippen LogP contribution >= 0.6 is 0 Å². The summed E-state index contributed by atoms with van der Waals surface area (Å²) < 4.78 is 25.0.